The van der Waals surface area contributed by atoms with Crippen molar-refractivity contribution < 1.29 is 43.1 Å². The molecule has 142 valence electrons. The molecule has 2 heterocycles. The predicted molar refractivity (Wildman–Crippen MR) is 93.1 cm³/mol. The number of aliphatic hydroxyl groups excluding tert-OH is 1. The second-order valence-electron chi connectivity index (χ2n) is 7.56. The van der Waals surface area contributed by atoms with Crippen molar-refractivity contribution in [2.75, 3.05) is 20.7 Å². The van der Waals surface area contributed by atoms with E-state index < -0.39 is 5.92 Å². The molecule has 26 heavy (non-hydrogen) atoms. The Balaban J connectivity index is 0.00000243. The van der Waals surface area contributed by atoms with E-state index in [2.05, 4.69) is 24.1 Å². The van der Waals surface area contributed by atoms with E-state index in [0.29, 0.717) is 23.3 Å². The van der Waals surface area contributed by atoms with Crippen molar-refractivity contribution in [1.29, 1.82) is 0 Å². The van der Waals surface area contributed by atoms with Crippen molar-refractivity contribution in [2.24, 2.45) is 5.11 Å². The van der Waals surface area contributed by atoms with E-state index in [-0.39, 0.29) is 42.7 Å². The van der Waals surface area contributed by atoms with Gasteiger partial charge in [-0.15, -0.1) is 0 Å². The number of aliphatic hydroxyl groups is 1. The molecule has 3 rings (SSSR count). The first-order valence-electron chi connectivity index (χ1n) is 8.75. The molecule has 2 bridgehead atoms. The van der Waals surface area contributed by atoms with Gasteiger partial charge in [0.15, 0.2) is 0 Å². The number of rotatable bonds is 5. The molecule has 1 N–H and O–H groups in total. The zero-order valence-corrected chi connectivity index (χ0v) is 17.2. The van der Waals surface area contributed by atoms with Crippen molar-refractivity contribution in [3.63, 3.8) is 0 Å². The van der Waals surface area contributed by atoms with Crippen LogP contribution in [0.4, 0.5) is 5.69 Å². The molecule has 0 radical (unpaired) electrons. The van der Waals surface area contributed by atoms with Crippen LogP contribution in [0.1, 0.15) is 37.2 Å². The highest BCUT2D eigenvalue weighted by molar-refractivity contribution is 5.78. The molecule has 7 nitrogen and oxygen atoms in total. The Hall–Kier alpha value is -1.35. The van der Waals surface area contributed by atoms with Crippen molar-refractivity contribution in [3.05, 3.63) is 40.3 Å². The first-order chi connectivity index (χ1) is 12.0. The third-order valence-corrected chi connectivity index (χ3v) is 5.99. The van der Waals surface area contributed by atoms with Gasteiger partial charge in [0.05, 0.1) is 32.8 Å². The van der Waals surface area contributed by atoms with Gasteiger partial charge in [-0.2, -0.15) is 0 Å². The standard InChI is InChI=1S/C18H25N4O3.HI/c1-22(2)14-7-8-15(22)10-16(9-14)25-18(24)17(11-23)12-3-5-13(6-4-12)20-21-19;/h3-6,14-17,23H,7-11H2,1-2H3;1H/q+1;/p-1/t14-,15+,16?,17?;. The Labute approximate surface area is 170 Å². The maximum atomic E-state index is 12.6. The molecule has 2 saturated heterocycles. The predicted octanol–water partition coefficient (Wildman–Crippen LogP) is 0.0213. The number of hydrogen-bond donors (Lipinski definition) is 1. The molecular weight excluding hydrogens is 447 g/mol. The van der Waals surface area contributed by atoms with Crippen molar-refractivity contribution in [3.8, 4) is 0 Å². The lowest BCUT2D eigenvalue weighted by Crippen LogP contribution is -3.00. The van der Waals surface area contributed by atoms with E-state index in [0.717, 1.165) is 17.3 Å². The molecule has 1 aromatic carbocycles. The summed E-state index contributed by atoms with van der Waals surface area (Å²) in [4.78, 5) is 15.3. The SMILES string of the molecule is C[N+]1(C)[C@@H]2CC[C@H]1CC(OC(=O)C(CO)c1ccc(N=[N+]=[N-])cc1)C2.[I-]. The smallest absolute Gasteiger partial charge is 0.316 e. The lowest BCUT2D eigenvalue weighted by molar-refractivity contribution is -0.931. The minimum Gasteiger partial charge on any atom is -1.00 e. The topological polar surface area (TPSA) is 95.3 Å². The zero-order valence-electron chi connectivity index (χ0n) is 15.1. The van der Waals surface area contributed by atoms with Gasteiger partial charge in [0, 0.05) is 36.3 Å². The third kappa shape index (κ3) is 4.14. The van der Waals surface area contributed by atoms with Gasteiger partial charge in [0.1, 0.15) is 12.0 Å². The van der Waals surface area contributed by atoms with E-state index in [1.54, 1.807) is 24.3 Å². The molecule has 4 atom stereocenters. The molecule has 0 amide bonds. The maximum Gasteiger partial charge on any atom is 0.316 e. The van der Waals surface area contributed by atoms with Gasteiger partial charge < -0.3 is 38.3 Å². The van der Waals surface area contributed by atoms with Crippen LogP contribution in [0.3, 0.4) is 0 Å². The second kappa shape index (κ2) is 8.56. The number of esters is 1. The highest BCUT2D eigenvalue weighted by Crippen LogP contribution is 2.40. The number of piperidine rings is 1. The summed E-state index contributed by atoms with van der Waals surface area (Å²) < 4.78 is 6.79. The number of carbonyl (C=O) groups is 1. The quantitative estimate of drug-likeness (QED) is 0.164. The molecule has 2 aliphatic rings. The fourth-order valence-electron chi connectivity index (χ4n) is 4.31. The number of nitrogens with zero attached hydrogens (tertiary/aromatic N) is 4. The van der Waals surface area contributed by atoms with Crippen LogP contribution in [0.5, 0.6) is 0 Å². The summed E-state index contributed by atoms with van der Waals surface area (Å²) in [6.45, 7) is -0.305. The Bertz CT molecular complexity index is 672. The summed E-state index contributed by atoms with van der Waals surface area (Å²) in [5, 5.41) is 13.2. The van der Waals surface area contributed by atoms with E-state index in [1.165, 1.54) is 12.8 Å². The Morgan fingerprint density at radius 3 is 2.38 bits per heavy atom. The number of azide groups is 1. The number of quaternary nitrogens is 1. The highest BCUT2D eigenvalue weighted by Gasteiger charge is 2.50. The van der Waals surface area contributed by atoms with Crippen molar-refractivity contribution in [1.82, 2.24) is 0 Å². The minimum atomic E-state index is -0.706. The number of halogens is 1. The molecule has 0 aromatic heterocycles. The summed E-state index contributed by atoms with van der Waals surface area (Å²) in [6, 6.07) is 7.74. The Morgan fingerprint density at radius 1 is 1.31 bits per heavy atom. The molecule has 1 aromatic rings. The average Bonchev–Trinajstić information content (AvgIpc) is 2.76. The fourth-order valence-corrected chi connectivity index (χ4v) is 4.31. The molecule has 2 unspecified atom stereocenters. The molecular formula is C18H25IN4O3. The minimum absolute atomic E-state index is 0. The summed E-state index contributed by atoms with van der Waals surface area (Å²) in [5.41, 5.74) is 9.58. The van der Waals surface area contributed by atoms with Gasteiger partial charge in [0.25, 0.3) is 0 Å². The van der Waals surface area contributed by atoms with Gasteiger partial charge in [-0.1, -0.05) is 29.4 Å². The number of ether oxygens (including phenoxy) is 1. The number of fused-ring (bicyclic) bond motifs is 2. The molecule has 8 heteroatoms. The van der Waals surface area contributed by atoms with Crippen LogP contribution >= 0.6 is 0 Å². The monoisotopic (exact) mass is 472 g/mol. The van der Waals surface area contributed by atoms with Crippen LogP contribution in [0.15, 0.2) is 29.4 Å². The molecule has 0 aliphatic carbocycles. The van der Waals surface area contributed by atoms with E-state index in [9.17, 15) is 9.90 Å². The van der Waals surface area contributed by atoms with Crippen LogP contribution in [0.25, 0.3) is 10.4 Å². The summed E-state index contributed by atoms with van der Waals surface area (Å²) >= 11 is 0. The Kier molecular flexibility index (Phi) is 6.90. The van der Waals surface area contributed by atoms with Crippen molar-refractivity contribution in [2.45, 2.75) is 49.8 Å². The van der Waals surface area contributed by atoms with E-state index >= 15 is 0 Å². The lowest BCUT2D eigenvalue weighted by atomic mass is 9.96. The van der Waals surface area contributed by atoms with E-state index in [4.69, 9.17) is 10.3 Å². The molecule has 2 fully saturated rings. The largest absolute Gasteiger partial charge is 1.00 e. The van der Waals surface area contributed by atoms with Crippen molar-refractivity contribution >= 4 is 11.7 Å². The first-order valence-corrected chi connectivity index (χ1v) is 8.75. The lowest BCUT2D eigenvalue weighted by Gasteiger charge is -2.44. The number of benzene rings is 1. The van der Waals surface area contributed by atoms with Crippen LogP contribution in [-0.2, 0) is 9.53 Å². The van der Waals surface area contributed by atoms with Gasteiger partial charge in [-0.3, -0.25) is 4.79 Å². The summed E-state index contributed by atoms with van der Waals surface area (Å²) in [6.07, 6.45) is 4.10. The Morgan fingerprint density at radius 2 is 1.88 bits per heavy atom. The average molecular weight is 472 g/mol. The zero-order chi connectivity index (χ0) is 18.0. The second-order valence-corrected chi connectivity index (χ2v) is 7.56. The third-order valence-electron chi connectivity index (χ3n) is 5.99. The van der Waals surface area contributed by atoms with Gasteiger partial charge in [-0.25, -0.2) is 0 Å². The van der Waals surface area contributed by atoms with Gasteiger partial charge in [-0.05, 0) is 11.1 Å². The van der Waals surface area contributed by atoms with Crippen LogP contribution < -0.4 is 24.0 Å². The molecule has 0 saturated carbocycles. The number of carbonyl (C=O) groups excluding carboxylic acids is 1. The molecule has 0 spiro atoms. The fraction of sp³-hybridized carbons (Fsp3) is 0.611. The van der Waals surface area contributed by atoms with E-state index in [1.807, 2.05) is 0 Å². The van der Waals surface area contributed by atoms with Gasteiger partial charge in [0.2, 0.25) is 0 Å². The van der Waals surface area contributed by atoms with Crippen LogP contribution in [0.2, 0.25) is 0 Å². The highest BCUT2D eigenvalue weighted by atomic mass is 127. The van der Waals surface area contributed by atoms with Gasteiger partial charge >= 0.3 is 5.97 Å². The molecule has 2 aliphatic heterocycles. The summed E-state index contributed by atoms with van der Waals surface area (Å²) in [5.74, 6) is -1.09. The van der Waals surface area contributed by atoms with Crippen LogP contribution in [-0.4, -0.2) is 54.4 Å². The van der Waals surface area contributed by atoms with Crippen LogP contribution in [0, 0.1) is 0 Å². The first kappa shape index (κ1) is 21.0. The number of hydrogen-bond acceptors (Lipinski definition) is 4. The normalized spacial score (nSPS) is 27.0. The maximum absolute atomic E-state index is 12.6. The summed E-state index contributed by atoms with van der Waals surface area (Å²) in [7, 11) is 4.53.